The van der Waals surface area contributed by atoms with Gasteiger partial charge in [0.2, 0.25) is 15.0 Å². The second kappa shape index (κ2) is 8.74. The topological polar surface area (TPSA) is 101 Å². The average molecular weight is 459 g/mol. The monoisotopic (exact) mass is 458 g/mol. The number of methoxy groups -OCH3 is 1. The number of nitrogens with zero attached hydrogens (tertiary/aromatic N) is 3. The van der Waals surface area contributed by atoms with Crippen molar-refractivity contribution in [3.05, 3.63) is 64.1 Å². The number of sulfonamides is 1. The van der Waals surface area contributed by atoms with Gasteiger partial charge < -0.3 is 10.1 Å². The predicted molar refractivity (Wildman–Crippen MR) is 118 cm³/mol. The number of ether oxygens (including phenoxy) is 1. The summed E-state index contributed by atoms with van der Waals surface area (Å²) in [5.41, 5.74) is 1.76. The van der Waals surface area contributed by atoms with Crippen molar-refractivity contribution < 1.29 is 17.9 Å². The molecule has 0 saturated carbocycles. The minimum atomic E-state index is -3.71. The molecule has 0 spiro atoms. The molecule has 10 heteroatoms. The lowest BCUT2D eigenvalue weighted by molar-refractivity contribution is 0.102. The van der Waals surface area contributed by atoms with Gasteiger partial charge in [-0.25, -0.2) is 8.42 Å². The molecule has 1 aromatic heterocycles. The predicted octanol–water partition coefficient (Wildman–Crippen LogP) is 3.63. The van der Waals surface area contributed by atoms with Crippen LogP contribution in [0.2, 0.25) is 0 Å². The SMILES string of the molecule is COc1ccc(S(=O)(=O)N2CCC[C@H]2c2nnc(C(=O)Nc3ccc(C)cc3)s2)cc1. The van der Waals surface area contributed by atoms with Gasteiger partial charge in [-0.3, -0.25) is 4.79 Å². The number of aromatic nitrogens is 2. The molecule has 0 aliphatic carbocycles. The van der Waals surface area contributed by atoms with E-state index >= 15 is 0 Å². The first-order valence-corrected chi connectivity index (χ1v) is 12.0. The highest BCUT2D eigenvalue weighted by atomic mass is 32.2. The third-order valence-corrected chi connectivity index (χ3v) is 8.04. The normalized spacial score (nSPS) is 16.9. The molecule has 3 aromatic rings. The van der Waals surface area contributed by atoms with E-state index in [0.717, 1.165) is 16.9 Å². The summed E-state index contributed by atoms with van der Waals surface area (Å²) in [6.45, 7) is 2.36. The van der Waals surface area contributed by atoms with Gasteiger partial charge in [0, 0.05) is 12.2 Å². The molecule has 1 saturated heterocycles. The highest BCUT2D eigenvalue weighted by Crippen LogP contribution is 2.38. The van der Waals surface area contributed by atoms with E-state index in [1.165, 1.54) is 23.5 Å². The zero-order valence-electron chi connectivity index (χ0n) is 17.1. The van der Waals surface area contributed by atoms with Crippen LogP contribution in [0.4, 0.5) is 5.69 Å². The van der Waals surface area contributed by atoms with Gasteiger partial charge in [0.1, 0.15) is 10.8 Å². The molecule has 0 radical (unpaired) electrons. The standard InChI is InChI=1S/C21H22N4O4S2/c1-14-5-7-15(8-6-14)22-19(26)21-24-23-20(30-21)18-4-3-13-25(18)31(27,28)17-11-9-16(29-2)10-12-17/h5-12,18H,3-4,13H2,1-2H3,(H,22,26)/t18-/m0/s1. The van der Waals surface area contributed by atoms with Crippen molar-refractivity contribution in [2.45, 2.75) is 30.7 Å². The van der Waals surface area contributed by atoms with Gasteiger partial charge in [-0.05, 0) is 56.2 Å². The summed E-state index contributed by atoms with van der Waals surface area (Å²) in [5, 5.41) is 11.7. The number of hydrogen-bond acceptors (Lipinski definition) is 7. The third-order valence-electron chi connectivity index (χ3n) is 5.10. The summed E-state index contributed by atoms with van der Waals surface area (Å²) < 4.78 is 32.9. The molecule has 31 heavy (non-hydrogen) atoms. The lowest BCUT2D eigenvalue weighted by Crippen LogP contribution is -2.30. The van der Waals surface area contributed by atoms with Crippen LogP contribution >= 0.6 is 11.3 Å². The fraction of sp³-hybridized carbons (Fsp3) is 0.286. The summed E-state index contributed by atoms with van der Waals surface area (Å²) in [6.07, 6.45) is 1.34. The number of carbonyl (C=O) groups excluding carboxylic acids is 1. The molecule has 1 aliphatic rings. The fourth-order valence-corrected chi connectivity index (χ4v) is 6.05. The molecule has 162 valence electrons. The van der Waals surface area contributed by atoms with Gasteiger partial charge in [0.05, 0.1) is 18.0 Å². The van der Waals surface area contributed by atoms with Crippen LogP contribution in [0.5, 0.6) is 5.75 Å². The Kier molecular flexibility index (Phi) is 6.03. The maximum atomic E-state index is 13.2. The Morgan fingerprint density at radius 3 is 2.52 bits per heavy atom. The van der Waals surface area contributed by atoms with Crippen LogP contribution in [-0.4, -0.2) is 42.5 Å². The number of amides is 1. The summed E-state index contributed by atoms with van der Waals surface area (Å²) in [5.74, 6) is 0.223. The van der Waals surface area contributed by atoms with Gasteiger partial charge >= 0.3 is 0 Å². The molecule has 1 aliphatic heterocycles. The summed E-state index contributed by atoms with van der Waals surface area (Å²) in [6, 6.07) is 13.3. The molecule has 1 N–H and O–H groups in total. The zero-order chi connectivity index (χ0) is 22.0. The number of carbonyl (C=O) groups is 1. The van der Waals surface area contributed by atoms with Crippen LogP contribution in [-0.2, 0) is 10.0 Å². The minimum Gasteiger partial charge on any atom is -0.497 e. The first-order valence-electron chi connectivity index (χ1n) is 9.76. The van der Waals surface area contributed by atoms with E-state index in [1.54, 1.807) is 12.1 Å². The average Bonchev–Trinajstić information content (AvgIpc) is 3.45. The number of nitrogens with one attached hydrogen (secondary N) is 1. The molecule has 1 amide bonds. The van der Waals surface area contributed by atoms with Crippen molar-refractivity contribution in [3.63, 3.8) is 0 Å². The Balaban J connectivity index is 1.53. The molecule has 8 nitrogen and oxygen atoms in total. The Hall–Kier alpha value is -2.82. The summed E-state index contributed by atoms with van der Waals surface area (Å²) in [7, 11) is -2.18. The lowest BCUT2D eigenvalue weighted by atomic mass is 10.2. The Morgan fingerprint density at radius 1 is 1.13 bits per heavy atom. The van der Waals surface area contributed by atoms with E-state index in [2.05, 4.69) is 15.5 Å². The molecular formula is C21H22N4O4S2. The van der Waals surface area contributed by atoms with E-state index in [-0.39, 0.29) is 15.8 Å². The van der Waals surface area contributed by atoms with Crippen molar-refractivity contribution in [1.82, 2.24) is 14.5 Å². The maximum Gasteiger partial charge on any atom is 0.286 e. The van der Waals surface area contributed by atoms with E-state index < -0.39 is 16.1 Å². The largest absolute Gasteiger partial charge is 0.497 e. The van der Waals surface area contributed by atoms with Crippen LogP contribution in [0.15, 0.2) is 53.4 Å². The minimum absolute atomic E-state index is 0.196. The van der Waals surface area contributed by atoms with E-state index in [9.17, 15) is 13.2 Å². The smallest absolute Gasteiger partial charge is 0.286 e. The van der Waals surface area contributed by atoms with E-state index in [1.807, 2.05) is 31.2 Å². The Bertz CT molecular complexity index is 1170. The van der Waals surface area contributed by atoms with Gasteiger partial charge in [-0.15, -0.1) is 10.2 Å². The van der Waals surface area contributed by atoms with Crippen LogP contribution < -0.4 is 10.1 Å². The highest BCUT2D eigenvalue weighted by Gasteiger charge is 2.38. The zero-order valence-corrected chi connectivity index (χ0v) is 18.7. The number of anilines is 1. The maximum absolute atomic E-state index is 13.2. The summed E-state index contributed by atoms with van der Waals surface area (Å²) >= 11 is 1.12. The van der Waals surface area contributed by atoms with Crippen LogP contribution in [0.1, 0.15) is 39.3 Å². The molecule has 4 rings (SSSR count). The van der Waals surface area contributed by atoms with Crippen molar-refractivity contribution in [2.24, 2.45) is 0 Å². The first kappa shape index (κ1) is 21.4. The van der Waals surface area contributed by atoms with Gasteiger partial charge in [-0.2, -0.15) is 4.31 Å². The van der Waals surface area contributed by atoms with Gasteiger partial charge in [0.15, 0.2) is 0 Å². The van der Waals surface area contributed by atoms with Crippen LogP contribution in [0, 0.1) is 6.92 Å². The summed E-state index contributed by atoms with van der Waals surface area (Å²) in [4.78, 5) is 12.7. The molecule has 1 fully saturated rings. The third kappa shape index (κ3) is 4.46. The first-order chi connectivity index (χ1) is 14.9. The number of benzene rings is 2. The van der Waals surface area contributed by atoms with Crippen molar-refractivity contribution in [1.29, 1.82) is 0 Å². The molecule has 2 aromatic carbocycles. The Morgan fingerprint density at radius 2 is 1.84 bits per heavy atom. The van der Waals surface area contributed by atoms with E-state index in [0.29, 0.717) is 35.8 Å². The number of rotatable bonds is 6. The van der Waals surface area contributed by atoms with Crippen LogP contribution in [0.3, 0.4) is 0 Å². The van der Waals surface area contributed by atoms with E-state index in [4.69, 9.17) is 4.74 Å². The molecule has 0 unspecified atom stereocenters. The van der Waals surface area contributed by atoms with Crippen LogP contribution in [0.25, 0.3) is 0 Å². The molecule has 0 bridgehead atoms. The fourth-order valence-electron chi connectivity index (χ4n) is 3.44. The molecule has 1 atom stereocenters. The number of aryl methyl sites for hydroxylation is 1. The van der Waals surface area contributed by atoms with Crippen molar-refractivity contribution in [3.8, 4) is 5.75 Å². The quantitative estimate of drug-likeness (QED) is 0.605. The molecular weight excluding hydrogens is 436 g/mol. The van der Waals surface area contributed by atoms with Gasteiger partial charge in [-0.1, -0.05) is 29.0 Å². The lowest BCUT2D eigenvalue weighted by Gasteiger charge is -2.22. The second-order valence-corrected chi connectivity index (χ2v) is 10.1. The number of hydrogen-bond donors (Lipinski definition) is 1. The van der Waals surface area contributed by atoms with Crippen molar-refractivity contribution in [2.75, 3.05) is 19.0 Å². The Labute approximate surface area is 184 Å². The second-order valence-electron chi connectivity index (χ2n) is 7.21. The molecule has 2 heterocycles. The van der Waals surface area contributed by atoms with Crippen molar-refractivity contribution >= 4 is 33.0 Å². The van der Waals surface area contributed by atoms with Gasteiger partial charge in [0.25, 0.3) is 5.91 Å². The highest BCUT2D eigenvalue weighted by molar-refractivity contribution is 7.89.